The number of allylic oxidation sites excluding steroid dienone is 1. The van der Waals surface area contributed by atoms with Crippen molar-refractivity contribution < 1.29 is 19.1 Å². The Hall–Kier alpha value is -2.05. The molecule has 0 saturated carbocycles. The average Bonchev–Trinajstić information content (AvgIpc) is 2.54. The van der Waals surface area contributed by atoms with Crippen LogP contribution in [-0.4, -0.2) is 43.3 Å². The summed E-state index contributed by atoms with van der Waals surface area (Å²) in [5.41, 5.74) is 1.59. The van der Waals surface area contributed by atoms with Gasteiger partial charge in [-0.2, -0.15) is 0 Å². The number of hydrogen-bond acceptors (Lipinski definition) is 4. The SMILES string of the molecule is COCCOC(=O)C1=C(C)N(C(C)C)C(=O)N[C@@H]1c1ccccc1Cl. The maximum Gasteiger partial charge on any atom is 0.338 e. The van der Waals surface area contributed by atoms with E-state index in [0.717, 1.165) is 0 Å². The monoisotopic (exact) mass is 366 g/mol. The number of halogens is 1. The number of urea groups is 1. The smallest absolute Gasteiger partial charge is 0.338 e. The number of esters is 1. The largest absolute Gasteiger partial charge is 0.460 e. The quantitative estimate of drug-likeness (QED) is 0.619. The van der Waals surface area contributed by atoms with E-state index in [-0.39, 0.29) is 18.7 Å². The second kappa shape index (κ2) is 8.36. The van der Waals surface area contributed by atoms with Crippen LogP contribution in [0.3, 0.4) is 0 Å². The number of carbonyl (C=O) groups is 2. The van der Waals surface area contributed by atoms with Crippen LogP contribution in [0.25, 0.3) is 0 Å². The Morgan fingerprint density at radius 1 is 1.32 bits per heavy atom. The van der Waals surface area contributed by atoms with Crippen molar-refractivity contribution in [1.29, 1.82) is 0 Å². The van der Waals surface area contributed by atoms with E-state index < -0.39 is 12.0 Å². The van der Waals surface area contributed by atoms with Gasteiger partial charge in [0.25, 0.3) is 0 Å². The minimum atomic E-state index is -0.661. The molecule has 0 fully saturated rings. The molecule has 6 nitrogen and oxygen atoms in total. The van der Waals surface area contributed by atoms with Crippen LogP contribution in [0.2, 0.25) is 5.02 Å². The summed E-state index contributed by atoms with van der Waals surface area (Å²) in [6.07, 6.45) is 0. The van der Waals surface area contributed by atoms with Crippen LogP contribution in [0.4, 0.5) is 4.79 Å². The fourth-order valence-corrected chi connectivity index (χ4v) is 3.13. The van der Waals surface area contributed by atoms with Gasteiger partial charge in [0.2, 0.25) is 0 Å². The van der Waals surface area contributed by atoms with Crippen molar-refractivity contribution in [2.75, 3.05) is 20.3 Å². The van der Waals surface area contributed by atoms with E-state index in [4.69, 9.17) is 21.1 Å². The van der Waals surface area contributed by atoms with Gasteiger partial charge in [0.05, 0.1) is 18.2 Å². The molecule has 1 aromatic carbocycles. The predicted molar refractivity (Wildman–Crippen MR) is 95.2 cm³/mol. The van der Waals surface area contributed by atoms with Crippen molar-refractivity contribution >= 4 is 23.6 Å². The van der Waals surface area contributed by atoms with E-state index in [2.05, 4.69) is 5.32 Å². The fraction of sp³-hybridized carbons (Fsp3) is 0.444. The molecule has 136 valence electrons. The Kier molecular flexibility index (Phi) is 6.45. The molecule has 1 aliphatic rings. The molecule has 0 bridgehead atoms. The third-order valence-electron chi connectivity index (χ3n) is 4.00. The number of benzene rings is 1. The Bertz CT molecular complexity index is 687. The maximum absolute atomic E-state index is 12.7. The van der Waals surface area contributed by atoms with E-state index in [1.165, 1.54) is 7.11 Å². The molecule has 25 heavy (non-hydrogen) atoms. The highest BCUT2D eigenvalue weighted by Crippen LogP contribution is 2.35. The third-order valence-corrected chi connectivity index (χ3v) is 4.34. The van der Waals surface area contributed by atoms with Gasteiger partial charge in [-0.1, -0.05) is 29.8 Å². The molecule has 0 spiro atoms. The first-order chi connectivity index (χ1) is 11.9. The van der Waals surface area contributed by atoms with Crippen molar-refractivity contribution in [3.63, 3.8) is 0 Å². The molecule has 0 aromatic heterocycles. The minimum absolute atomic E-state index is 0.103. The van der Waals surface area contributed by atoms with Crippen LogP contribution in [0.1, 0.15) is 32.4 Å². The molecule has 0 unspecified atom stereocenters. The van der Waals surface area contributed by atoms with E-state index in [1.807, 2.05) is 19.9 Å². The first-order valence-electron chi connectivity index (χ1n) is 8.09. The van der Waals surface area contributed by atoms with Crippen molar-refractivity contribution in [2.45, 2.75) is 32.9 Å². The van der Waals surface area contributed by atoms with Crippen molar-refractivity contribution in [3.8, 4) is 0 Å². The van der Waals surface area contributed by atoms with Gasteiger partial charge in [-0.05, 0) is 32.4 Å². The van der Waals surface area contributed by atoms with Gasteiger partial charge in [0.15, 0.2) is 0 Å². The van der Waals surface area contributed by atoms with Gasteiger partial charge in [0.1, 0.15) is 6.61 Å². The molecule has 2 rings (SSSR count). The molecule has 1 atom stereocenters. The molecular weight excluding hydrogens is 344 g/mol. The number of rotatable bonds is 6. The lowest BCUT2D eigenvalue weighted by molar-refractivity contribution is -0.140. The highest BCUT2D eigenvalue weighted by atomic mass is 35.5. The second-order valence-electron chi connectivity index (χ2n) is 6.00. The predicted octanol–water partition coefficient (Wildman–Crippen LogP) is 3.28. The number of carbonyl (C=O) groups excluding carboxylic acids is 2. The van der Waals surface area contributed by atoms with Crippen LogP contribution < -0.4 is 5.32 Å². The van der Waals surface area contributed by atoms with Gasteiger partial charge in [-0.15, -0.1) is 0 Å². The molecule has 1 heterocycles. The number of methoxy groups -OCH3 is 1. The number of amides is 2. The summed E-state index contributed by atoms with van der Waals surface area (Å²) < 4.78 is 10.2. The van der Waals surface area contributed by atoms with Gasteiger partial charge >= 0.3 is 12.0 Å². The van der Waals surface area contributed by atoms with Gasteiger partial charge in [-0.3, -0.25) is 4.90 Å². The summed E-state index contributed by atoms with van der Waals surface area (Å²) >= 11 is 6.29. The summed E-state index contributed by atoms with van der Waals surface area (Å²) in [5, 5.41) is 3.34. The number of hydrogen-bond donors (Lipinski definition) is 1. The molecular formula is C18H23ClN2O4. The molecule has 0 radical (unpaired) electrons. The first kappa shape index (κ1) is 19.3. The van der Waals surface area contributed by atoms with Crippen molar-refractivity contribution in [3.05, 3.63) is 46.1 Å². The molecule has 0 saturated heterocycles. The zero-order valence-electron chi connectivity index (χ0n) is 14.8. The summed E-state index contributed by atoms with van der Waals surface area (Å²) in [4.78, 5) is 26.8. The van der Waals surface area contributed by atoms with Gasteiger partial charge in [0, 0.05) is 23.9 Å². The third kappa shape index (κ3) is 4.14. The Balaban J connectivity index is 2.48. The van der Waals surface area contributed by atoms with E-state index in [1.54, 1.807) is 30.0 Å². The van der Waals surface area contributed by atoms with Crippen LogP contribution in [0.15, 0.2) is 35.5 Å². The molecule has 1 aromatic rings. The second-order valence-corrected chi connectivity index (χ2v) is 6.40. The van der Waals surface area contributed by atoms with E-state index >= 15 is 0 Å². The standard InChI is InChI=1S/C18H23ClN2O4/c1-11(2)21-12(3)15(17(22)25-10-9-24-4)16(20-18(21)23)13-7-5-6-8-14(13)19/h5-8,11,16H,9-10H2,1-4H3,(H,20,23)/t16-/m1/s1. The van der Waals surface area contributed by atoms with Crippen LogP contribution >= 0.6 is 11.6 Å². The number of nitrogens with zero attached hydrogens (tertiary/aromatic N) is 1. The Morgan fingerprint density at radius 2 is 2.00 bits per heavy atom. The molecule has 1 N–H and O–H groups in total. The summed E-state index contributed by atoms with van der Waals surface area (Å²) in [6, 6.07) is 6.08. The van der Waals surface area contributed by atoms with E-state index in [0.29, 0.717) is 28.5 Å². The lowest BCUT2D eigenvalue weighted by Gasteiger charge is -2.37. The lowest BCUT2D eigenvalue weighted by Crippen LogP contribution is -2.50. The zero-order chi connectivity index (χ0) is 18.6. The van der Waals surface area contributed by atoms with Gasteiger partial charge in [-0.25, -0.2) is 9.59 Å². The number of nitrogens with one attached hydrogen (secondary N) is 1. The van der Waals surface area contributed by atoms with Crippen molar-refractivity contribution in [2.24, 2.45) is 0 Å². The lowest BCUT2D eigenvalue weighted by atomic mass is 9.94. The van der Waals surface area contributed by atoms with Crippen LogP contribution in [0, 0.1) is 0 Å². The summed E-state index contributed by atoms with van der Waals surface area (Å²) in [7, 11) is 1.53. The first-order valence-corrected chi connectivity index (χ1v) is 8.47. The molecule has 2 amide bonds. The van der Waals surface area contributed by atoms with E-state index in [9.17, 15) is 9.59 Å². The van der Waals surface area contributed by atoms with Gasteiger partial charge < -0.3 is 14.8 Å². The van der Waals surface area contributed by atoms with Crippen LogP contribution in [-0.2, 0) is 14.3 Å². The molecule has 7 heteroatoms. The topological polar surface area (TPSA) is 67.9 Å². The Morgan fingerprint density at radius 3 is 2.60 bits per heavy atom. The summed E-state index contributed by atoms with van der Waals surface area (Å²) in [6.45, 7) is 5.95. The minimum Gasteiger partial charge on any atom is -0.460 e. The fourth-order valence-electron chi connectivity index (χ4n) is 2.88. The average molecular weight is 367 g/mol. The normalized spacial score (nSPS) is 17.8. The summed E-state index contributed by atoms with van der Waals surface area (Å²) in [5.74, 6) is -0.495. The number of ether oxygens (including phenoxy) is 2. The van der Waals surface area contributed by atoms with Crippen molar-refractivity contribution in [1.82, 2.24) is 10.2 Å². The van der Waals surface area contributed by atoms with Crippen LogP contribution in [0.5, 0.6) is 0 Å². The maximum atomic E-state index is 12.7. The highest BCUT2D eigenvalue weighted by Gasteiger charge is 2.38. The zero-order valence-corrected chi connectivity index (χ0v) is 15.6. The highest BCUT2D eigenvalue weighted by molar-refractivity contribution is 6.31. The molecule has 1 aliphatic heterocycles. The molecule has 0 aliphatic carbocycles. The Labute approximate surface area is 152 Å².